The first kappa shape index (κ1) is 20.9. The molecule has 0 unspecified atom stereocenters. The van der Waals surface area contributed by atoms with Gasteiger partial charge in [-0.05, 0) is 32.0 Å². The van der Waals surface area contributed by atoms with E-state index in [0.717, 1.165) is 0 Å². The Kier molecular flexibility index (Phi) is 5.40. The second-order valence-corrected chi connectivity index (χ2v) is 7.48. The van der Waals surface area contributed by atoms with Gasteiger partial charge in [0.15, 0.2) is 11.6 Å². The van der Waals surface area contributed by atoms with Gasteiger partial charge in [-0.15, -0.1) is 0 Å². The topological polar surface area (TPSA) is 100 Å². The van der Waals surface area contributed by atoms with E-state index < -0.39 is 23.2 Å². The van der Waals surface area contributed by atoms with Gasteiger partial charge < -0.3 is 15.0 Å². The summed E-state index contributed by atoms with van der Waals surface area (Å²) in [6.07, 6.45) is -0.310. The maximum absolute atomic E-state index is 14.9. The number of rotatable bonds is 5. The molecular weight excluding hydrogens is 408 g/mol. The summed E-state index contributed by atoms with van der Waals surface area (Å²) in [5.41, 5.74) is 0.707. The first-order valence-electron chi connectivity index (χ1n) is 9.75. The zero-order valence-corrected chi connectivity index (χ0v) is 17.2. The zero-order valence-electron chi connectivity index (χ0n) is 17.2. The predicted molar refractivity (Wildman–Crippen MR) is 109 cm³/mol. The molecule has 1 saturated heterocycles. The molecule has 1 amide bonds. The molecule has 1 aromatic carbocycles. The van der Waals surface area contributed by atoms with Gasteiger partial charge in [-0.3, -0.25) is 14.5 Å². The highest BCUT2D eigenvalue weighted by atomic mass is 19.1. The van der Waals surface area contributed by atoms with Gasteiger partial charge in [0, 0.05) is 31.7 Å². The van der Waals surface area contributed by atoms with Crippen LogP contribution >= 0.6 is 0 Å². The molecule has 10 heteroatoms. The lowest BCUT2D eigenvalue weighted by Crippen LogP contribution is -2.60. The van der Waals surface area contributed by atoms with Crippen molar-refractivity contribution < 1.29 is 18.3 Å². The lowest BCUT2D eigenvalue weighted by molar-refractivity contribution is -0.0437. The van der Waals surface area contributed by atoms with Crippen molar-refractivity contribution >= 4 is 16.9 Å². The molecule has 2 aromatic heterocycles. The van der Waals surface area contributed by atoms with E-state index in [1.54, 1.807) is 19.1 Å². The van der Waals surface area contributed by atoms with Gasteiger partial charge in [0.1, 0.15) is 23.0 Å². The largest absolute Gasteiger partial charge is 0.483 e. The van der Waals surface area contributed by atoms with Gasteiger partial charge in [-0.1, -0.05) is 6.07 Å². The summed E-state index contributed by atoms with van der Waals surface area (Å²) in [6.45, 7) is 4.22. The van der Waals surface area contributed by atoms with Gasteiger partial charge in [-0.25, -0.2) is 14.4 Å². The first-order valence-corrected chi connectivity index (χ1v) is 9.75. The van der Waals surface area contributed by atoms with Crippen molar-refractivity contribution in [3.63, 3.8) is 0 Å². The summed E-state index contributed by atoms with van der Waals surface area (Å²) in [7, 11) is 1.44. The average Bonchev–Trinajstić information content (AvgIpc) is 2.76. The van der Waals surface area contributed by atoms with Crippen LogP contribution in [0.25, 0.3) is 11.0 Å². The highest BCUT2D eigenvalue weighted by Gasteiger charge is 2.38. The molecule has 2 N–H and O–H groups in total. The molecule has 8 nitrogen and oxygen atoms in total. The highest BCUT2D eigenvalue weighted by Crippen LogP contribution is 2.28. The van der Waals surface area contributed by atoms with E-state index in [9.17, 15) is 18.4 Å². The first-order chi connectivity index (χ1) is 14.8. The van der Waals surface area contributed by atoms with Crippen LogP contribution in [0.5, 0.6) is 5.75 Å². The predicted octanol–water partition coefficient (Wildman–Crippen LogP) is 1.92. The van der Waals surface area contributed by atoms with Crippen molar-refractivity contribution in [2.45, 2.75) is 32.5 Å². The van der Waals surface area contributed by atoms with Crippen molar-refractivity contribution in [3.05, 3.63) is 63.3 Å². The van der Waals surface area contributed by atoms with E-state index in [4.69, 9.17) is 4.74 Å². The lowest BCUT2D eigenvalue weighted by atomic mass is 9.99. The van der Waals surface area contributed by atoms with E-state index in [2.05, 4.69) is 20.3 Å². The van der Waals surface area contributed by atoms with E-state index in [0.29, 0.717) is 24.2 Å². The number of hydrogen-bond acceptors (Lipinski definition) is 6. The van der Waals surface area contributed by atoms with Crippen LogP contribution in [0, 0.1) is 18.7 Å². The molecule has 0 spiro atoms. The summed E-state index contributed by atoms with van der Waals surface area (Å²) >= 11 is 0. The van der Waals surface area contributed by atoms with Crippen LogP contribution in [0.1, 0.15) is 28.7 Å². The summed E-state index contributed by atoms with van der Waals surface area (Å²) in [5, 5.41) is 2.38. The molecule has 162 valence electrons. The molecule has 3 aromatic rings. The Morgan fingerprint density at radius 1 is 1.29 bits per heavy atom. The summed E-state index contributed by atoms with van der Waals surface area (Å²) in [4.78, 5) is 35.6. The fourth-order valence-electron chi connectivity index (χ4n) is 3.52. The van der Waals surface area contributed by atoms with Crippen molar-refractivity contribution in [2.75, 3.05) is 13.6 Å². The minimum absolute atomic E-state index is 0.0369. The molecule has 2 atom stereocenters. The van der Waals surface area contributed by atoms with Crippen molar-refractivity contribution in [1.29, 1.82) is 0 Å². The number of aromatic nitrogens is 3. The maximum Gasteiger partial charge on any atom is 0.269 e. The number of carbonyl (C=O) groups is 1. The Morgan fingerprint density at radius 3 is 2.74 bits per heavy atom. The monoisotopic (exact) mass is 429 g/mol. The number of nitrogens with zero attached hydrogens (tertiary/aromatic N) is 3. The Hall–Kier alpha value is -3.40. The minimum Gasteiger partial charge on any atom is -0.483 e. The van der Waals surface area contributed by atoms with Crippen LogP contribution < -0.4 is 15.6 Å². The lowest BCUT2D eigenvalue weighted by Gasteiger charge is -2.45. The van der Waals surface area contributed by atoms with Crippen LogP contribution in [-0.4, -0.2) is 51.5 Å². The number of aryl methyl sites for hydroxylation is 1. The number of hydrogen-bond donors (Lipinski definition) is 2. The molecular formula is C21H21F2N5O3. The summed E-state index contributed by atoms with van der Waals surface area (Å²) in [5.74, 6) is -1.91. The van der Waals surface area contributed by atoms with Gasteiger partial charge in [0.05, 0.1) is 5.52 Å². The second-order valence-electron chi connectivity index (χ2n) is 7.48. The van der Waals surface area contributed by atoms with Crippen LogP contribution in [0.4, 0.5) is 8.78 Å². The van der Waals surface area contributed by atoms with E-state index >= 15 is 0 Å². The van der Waals surface area contributed by atoms with Crippen LogP contribution in [0.15, 0.2) is 29.1 Å². The van der Waals surface area contributed by atoms with Gasteiger partial charge in [0.25, 0.3) is 17.4 Å². The van der Waals surface area contributed by atoms with Crippen molar-refractivity contribution in [2.24, 2.45) is 0 Å². The number of pyridine rings is 1. The van der Waals surface area contributed by atoms with Gasteiger partial charge >= 0.3 is 0 Å². The number of halogens is 2. The second kappa shape index (κ2) is 8.03. The number of likely N-dealkylation sites (tertiary alicyclic amines) is 1. The third-order valence-electron chi connectivity index (χ3n) is 5.51. The molecule has 1 fully saturated rings. The van der Waals surface area contributed by atoms with E-state index in [1.807, 2.05) is 11.8 Å². The Morgan fingerprint density at radius 2 is 2.06 bits per heavy atom. The highest BCUT2D eigenvalue weighted by molar-refractivity contribution is 5.92. The molecule has 31 heavy (non-hydrogen) atoms. The molecule has 3 heterocycles. The number of H-pyrrole nitrogens is 1. The Labute approximate surface area is 176 Å². The molecule has 0 saturated carbocycles. The molecule has 1 aliphatic rings. The van der Waals surface area contributed by atoms with E-state index in [-0.39, 0.29) is 34.8 Å². The third-order valence-corrected chi connectivity index (χ3v) is 5.51. The minimum atomic E-state index is -0.862. The zero-order chi connectivity index (χ0) is 22.3. The number of ether oxygens (including phenoxy) is 1. The Balaban J connectivity index is 1.44. The fourth-order valence-corrected chi connectivity index (χ4v) is 3.52. The van der Waals surface area contributed by atoms with Gasteiger partial charge in [0.2, 0.25) is 0 Å². The van der Waals surface area contributed by atoms with Crippen LogP contribution in [0.2, 0.25) is 0 Å². The molecule has 0 aliphatic carbocycles. The summed E-state index contributed by atoms with van der Waals surface area (Å²) in [6, 6.07) is 5.97. The van der Waals surface area contributed by atoms with E-state index in [1.165, 1.54) is 19.2 Å². The quantitative estimate of drug-likeness (QED) is 0.601. The summed E-state index contributed by atoms with van der Waals surface area (Å²) < 4.78 is 34.8. The van der Waals surface area contributed by atoms with Crippen LogP contribution in [0.3, 0.4) is 0 Å². The van der Waals surface area contributed by atoms with Crippen LogP contribution in [-0.2, 0) is 6.54 Å². The number of fused-ring (bicyclic) bond motifs is 1. The number of amides is 1. The van der Waals surface area contributed by atoms with Gasteiger partial charge in [-0.2, -0.15) is 4.39 Å². The molecule has 4 rings (SSSR count). The fraction of sp³-hybridized carbons (Fsp3) is 0.333. The number of benzene rings is 1. The molecule has 0 radical (unpaired) electrons. The Bertz CT molecular complexity index is 1230. The molecule has 0 bridgehead atoms. The SMILES string of the molecule is CNC(=O)c1ccc(O[C@H]2CN(Cc3ccc4nc(C)c(=O)[nH]c4c3F)[C@H]2C)c(F)n1. The normalized spacial score (nSPS) is 18.6. The molecule has 1 aliphatic heterocycles. The third kappa shape index (κ3) is 3.86. The van der Waals surface area contributed by atoms with Crippen molar-refractivity contribution in [1.82, 2.24) is 25.2 Å². The smallest absolute Gasteiger partial charge is 0.269 e. The standard InChI is InChI=1S/C21H21F2N5O3/c1-10-20(29)27-18-13(25-10)5-4-12(17(18)22)8-28-9-16(11(28)2)31-15-7-6-14(21(30)24-3)26-19(15)23/h4-7,11,16H,8-9H2,1-3H3,(H,24,30)(H,27,29)/t11-,16-/m0/s1. The number of nitrogens with one attached hydrogen (secondary N) is 2. The number of aromatic amines is 1. The average molecular weight is 429 g/mol. The maximum atomic E-state index is 14.9. The number of carbonyl (C=O) groups excluding carboxylic acids is 1. The van der Waals surface area contributed by atoms with Crippen molar-refractivity contribution in [3.8, 4) is 5.75 Å².